The van der Waals surface area contributed by atoms with Gasteiger partial charge in [-0.1, -0.05) is 6.92 Å². The molecule has 0 aliphatic rings. The van der Waals surface area contributed by atoms with E-state index < -0.39 is 5.97 Å². The van der Waals surface area contributed by atoms with Crippen LogP contribution in [-0.2, 0) is 6.42 Å². The first kappa shape index (κ1) is 13.7. The van der Waals surface area contributed by atoms with Gasteiger partial charge in [-0.3, -0.25) is 4.79 Å². The van der Waals surface area contributed by atoms with E-state index in [9.17, 15) is 14.7 Å². The minimum Gasteiger partial charge on any atom is -0.478 e. The van der Waals surface area contributed by atoms with Crippen LogP contribution in [-0.4, -0.2) is 22.0 Å². The molecule has 5 nitrogen and oxygen atoms in total. The summed E-state index contributed by atoms with van der Waals surface area (Å²) in [5.74, 6) is -1.40. The molecule has 0 fully saturated rings. The highest BCUT2D eigenvalue weighted by Crippen LogP contribution is 2.33. The summed E-state index contributed by atoms with van der Waals surface area (Å²) in [5.41, 5.74) is 2.81. The second-order valence-electron chi connectivity index (χ2n) is 3.83. The fourth-order valence-corrected chi connectivity index (χ4v) is 3.47. The summed E-state index contributed by atoms with van der Waals surface area (Å²) in [7, 11) is 0. The van der Waals surface area contributed by atoms with Crippen LogP contribution >= 0.6 is 22.7 Å². The molecule has 0 spiro atoms. The smallest absolute Gasteiger partial charge is 0.339 e. The van der Waals surface area contributed by atoms with Crippen molar-refractivity contribution in [1.82, 2.24) is 4.98 Å². The van der Waals surface area contributed by atoms with Crippen LogP contribution in [0.5, 0.6) is 0 Å². The van der Waals surface area contributed by atoms with Crippen LogP contribution in [0.25, 0.3) is 0 Å². The van der Waals surface area contributed by atoms with Gasteiger partial charge < -0.3 is 10.4 Å². The van der Waals surface area contributed by atoms with Gasteiger partial charge in [-0.05, 0) is 18.9 Å². The molecule has 2 aromatic rings. The normalized spacial score (nSPS) is 10.4. The zero-order valence-corrected chi connectivity index (χ0v) is 12.0. The van der Waals surface area contributed by atoms with Crippen molar-refractivity contribution in [1.29, 1.82) is 0 Å². The number of rotatable bonds is 4. The van der Waals surface area contributed by atoms with Gasteiger partial charge in [0.1, 0.15) is 10.7 Å². The molecule has 2 heterocycles. The maximum Gasteiger partial charge on any atom is 0.339 e. The Kier molecular flexibility index (Phi) is 3.96. The molecule has 7 heteroatoms. The van der Waals surface area contributed by atoms with Crippen molar-refractivity contribution in [3.63, 3.8) is 0 Å². The van der Waals surface area contributed by atoms with Crippen molar-refractivity contribution >= 4 is 39.6 Å². The minimum absolute atomic E-state index is 0.188. The Hall–Kier alpha value is -1.73. The highest BCUT2D eigenvalue weighted by atomic mass is 32.1. The van der Waals surface area contributed by atoms with Crippen LogP contribution < -0.4 is 5.32 Å². The number of aromatic carboxylic acids is 1. The highest BCUT2D eigenvalue weighted by molar-refractivity contribution is 7.16. The van der Waals surface area contributed by atoms with E-state index in [0.29, 0.717) is 17.1 Å². The van der Waals surface area contributed by atoms with Gasteiger partial charge >= 0.3 is 5.97 Å². The Morgan fingerprint density at radius 2 is 2.21 bits per heavy atom. The average molecular weight is 296 g/mol. The number of carboxylic acids is 1. The number of hydrogen-bond acceptors (Lipinski definition) is 5. The molecule has 2 aromatic heterocycles. The third-order valence-corrected chi connectivity index (χ3v) is 4.32. The van der Waals surface area contributed by atoms with E-state index in [1.165, 1.54) is 22.7 Å². The molecule has 19 heavy (non-hydrogen) atoms. The first-order chi connectivity index (χ1) is 9.04. The lowest BCUT2D eigenvalue weighted by atomic mass is 10.1. The highest BCUT2D eigenvalue weighted by Gasteiger charge is 2.22. The molecule has 0 bridgehead atoms. The second-order valence-corrected chi connectivity index (χ2v) is 5.77. The Balaban J connectivity index is 2.35. The number of nitrogens with one attached hydrogen (secondary N) is 1. The summed E-state index contributed by atoms with van der Waals surface area (Å²) in [6, 6.07) is 0. The number of aryl methyl sites for hydroxylation is 1. The van der Waals surface area contributed by atoms with Crippen LogP contribution in [0, 0.1) is 6.92 Å². The van der Waals surface area contributed by atoms with Gasteiger partial charge in [0.05, 0.1) is 11.1 Å². The molecule has 2 rings (SSSR count). The third kappa shape index (κ3) is 2.66. The Morgan fingerprint density at radius 1 is 1.47 bits per heavy atom. The van der Waals surface area contributed by atoms with Gasteiger partial charge in [-0.2, -0.15) is 0 Å². The molecule has 100 valence electrons. The lowest BCUT2D eigenvalue weighted by Gasteiger charge is -2.03. The first-order valence-electron chi connectivity index (χ1n) is 5.59. The fraction of sp³-hybridized carbons (Fsp3) is 0.250. The largest absolute Gasteiger partial charge is 0.478 e. The molecule has 0 saturated heterocycles. The molecular formula is C12H12N2O3S2. The molecule has 0 aromatic carbocycles. The minimum atomic E-state index is -1.02. The maximum absolute atomic E-state index is 11.9. The Bertz CT molecular complexity index is 617. The second kappa shape index (κ2) is 5.50. The number of carboxylic acid groups (broad SMARTS) is 1. The van der Waals surface area contributed by atoms with E-state index in [-0.39, 0.29) is 11.5 Å². The van der Waals surface area contributed by atoms with E-state index in [0.717, 1.165) is 10.4 Å². The molecule has 1 amide bonds. The van der Waals surface area contributed by atoms with Crippen LogP contribution in [0.2, 0.25) is 0 Å². The van der Waals surface area contributed by atoms with Crippen LogP contribution in [0.4, 0.5) is 5.00 Å². The SMILES string of the molecule is CCc1c(C)sc(NC(=O)c2cscn2)c1C(=O)O. The first-order valence-corrected chi connectivity index (χ1v) is 7.35. The summed E-state index contributed by atoms with van der Waals surface area (Å²) in [4.78, 5) is 28.0. The van der Waals surface area contributed by atoms with Gasteiger partial charge in [0.25, 0.3) is 5.91 Å². The topological polar surface area (TPSA) is 79.3 Å². The van der Waals surface area contributed by atoms with Crippen LogP contribution in [0.1, 0.15) is 38.2 Å². The number of anilines is 1. The van der Waals surface area contributed by atoms with E-state index in [4.69, 9.17) is 0 Å². The predicted octanol–water partition coefficient (Wildman–Crippen LogP) is 3.03. The Labute approximate surface area is 117 Å². The van der Waals surface area contributed by atoms with E-state index >= 15 is 0 Å². The number of aromatic nitrogens is 1. The van der Waals surface area contributed by atoms with E-state index in [1.54, 1.807) is 10.9 Å². The summed E-state index contributed by atoms with van der Waals surface area (Å²) < 4.78 is 0. The summed E-state index contributed by atoms with van der Waals surface area (Å²) in [5, 5.41) is 13.9. The third-order valence-electron chi connectivity index (χ3n) is 2.67. The summed E-state index contributed by atoms with van der Waals surface area (Å²) in [6.45, 7) is 3.75. The molecular weight excluding hydrogens is 284 g/mol. The van der Waals surface area contributed by atoms with Gasteiger partial charge in [0.15, 0.2) is 0 Å². The van der Waals surface area contributed by atoms with Gasteiger partial charge in [-0.15, -0.1) is 22.7 Å². The summed E-state index contributed by atoms with van der Waals surface area (Å²) in [6.07, 6.45) is 0.622. The number of amides is 1. The lowest BCUT2D eigenvalue weighted by molar-refractivity contribution is 0.0697. The quantitative estimate of drug-likeness (QED) is 0.909. The van der Waals surface area contributed by atoms with Crippen molar-refractivity contribution in [2.45, 2.75) is 20.3 Å². The van der Waals surface area contributed by atoms with Gasteiger partial charge in [0.2, 0.25) is 0 Å². The molecule has 0 aliphatic heterocycles. The fourth-order valence-electron chi connectivity index (χ4n) is 1.81. The predicted molar refractivity (Wildman–Crippen MR) is 75.5 cm³/mol. The zero-order chi connectivity index (χ0) is 14.0. The number of nitrogens with zero attached hydrogens (tertiary/aromatic N) is 1. The molecule has 0 aliphatic carbocycles. The molecule has 0 atom stereocenters. The number of carbonyl (C=O) groups excluding carboxylic acids is 1. The van der Waals surface area contributed by atoms with E-state index in [2.05, 4.69) is 10.3 Å². The van der Waals surface area contributed by atoms with Crippen molar-refractivity contribution in [2.75, 3.05) is 5.32 Å². The molecule has 2 N–H and O–H groups in total. The van der Waals surface area contributed by atoms with Gasteiger partial charge in [-0.25, -0.2) is 9.78 Å². The van der Waals surface area contributed by atoms with E-state index in [1.807, 2.05) is 13.8 Å². The number of thiazole rings is 1. The monoisotopic (exact) mass is 296 g/mol. The standard InChI is InChI=1S/C12H12N2O3S2/c1-3-7-6(2)19-11(9(7)12(16)17)14-10(15)8-4-18-5-13-8/h4-5H,3H2,1-2H3,(H,14,15)(H,16,17). The maximum atomic E-state index is 11.9. The van der Waals surface area contributed by atoms with Crippen LogP contribution in [0.15, 0.2) is 10.9 Å². The van der Waals surface area contributed by atoms with Crippen molar-refractivity contribution in [3.8, 4) is 0 Å². The van der Waals surface area contributed by atoms with Crippen molar-refractivity contribution in [3.05, 3.63) is 32.6 Å². The van der Waals surface area contributed by atoms with Crippen LogP contribution in [0.3, 0.4) is 0 Å². The number of hydrogen-bond donors (Lipinski definition) is 2. The number of carbonyl (C=O) groups is 2. The van der Waals surface area contributed by atoms with Gasteiger partial charge in [0, 0.05) is 10.3 Å². The molecule has 0 unspecified atom stereocenters. The lowest BCUT2D eigenvalue weighted by Crippen LogP contribution is -2.14. The number of thiophene rings is 1. The van der Waals surface area contributed by atoms with Crippen molar-refractivity contribution < 1.29 is 14.7 Å². The average Bonchev–Trinajstić information content (AvgIpc) is 2.96. The Morgan fingerprint density at radius 3 is 2.74 bits per heavy atom. The molecule has 0 radical (unpaired) electrons. The van der Waals surface area contributed by atoms with Crippen molar-refractivity contribution in [2.24, 2.45) is 0 Å². The molecule has 0 saturated carbocycles. The zero-order valence-electron chi connectivity index (χ0n) is 10.4. The summed E-state index contributed by atoms with van der Waals surface area (Å²) >= 11 is 2.60.